The minimum absolute atomic E-state index is 0.118. The van der Waals surface area contributed by atoms with Crippen molar-refractivity contribution in [2.24, 2.45) is 5.92 Å². The molecule has 0 spiro atoms. The van der Waals surface area contributed by atoms with Crippen LogP contribution in [0.4, 0.5) is 0 Å². The van der Waals surface area contributed by atoms with E-state index in [-0.39, 0.29) is 18.6 Å². The second-order valence-corrected chi connectivity index (χ2v) is 5.18. The van der Waals surface area contributed by atoms with Crippen molar-refractivity contribution in [1.29, 1.82) is 0 Å². The van der Waals surface area contributed by atoms with Crippen LogP contribution >= 0.6 is 0 Å². The summed E-state index contributed by atoms with van der Waals surface area (Å²) < 4.78 is 11.1. The van der Waals surface area contributed by atoms with Gasteiger partial charge in [-0.15, -0.1) is 0 Å². The Morgan fingerprint density at radius 2 is 2.05 bits per heavy atom. The number of nitrogens with one attached hydrogen (secondary N) is 1. The molecule has 0 heterocycles. The van der Waals surface area contributed by atoms with E-state index < -0.39 is 0 Å². The van der Waals surface area contributed by atoms with E-state index in [0.717, 1.165) is 30.0 Å². The predicted octanol–water partition coefficient (Wildman–Crippen LogP) is 2.76. The highest BCUT2D eigenvalue weighted by atomic mass is 16.5. The summed E-state index contributed by atoms with van der Waals surface area (Å²) in [6.45, 7) is 7.83. The summed E-state index contributed by atoms with van der Waals surface area (Å²) in [4.78, 5) is 0. The number of hydrogen-bond donors (Lipinski definition) is 2. The molecule has 1 aromatic carbocycles. The van der Waals surface area contributed by atoms with Gasteiger partial charge in [0.25, 0.3) is 0 Å². The van der Waals surface area contributed by atoms with Crippen molar-refractivity contribution in [3.8, 4) is 11.5 Å². The molecule has 0 fully saturated rings. The van der Waals surface area contributed by atoms with Crippen LogP contribution in [0.25, 0.3) is 0 Å². The van der Waals surface area contributed by atoms with Crippen LogP contribution in [0.1, 0.15) is 38.8 Å². The number of ether oxygens (including phenoxy) is 2. The molecule has 0 aromatic heterocycles. The lowest BCUT2D eigenvalue weighted by molar-refractivity contribution is 0.173. The van der Waals surface area contributed by atoms with Crippen molar-refractivity contribution in [2.45, 2.75) is 33.2 Å². The van der Waals surface area contributed by atoms with E-state index >= 15 is 0 Å². The highest BCUT2D eigenvalue weighted by molar-refractivity contribution is 5.42. The number of rotatable bonds is 9. The molecule has 0 amide bonds. The predicted molar refractivity (Wildman–Crippen MR) is 81.4 cm³/mol. The molecule has 114 valence electrons. The van der Waals surface area contributed by atoms with Crippen LogP contribution in [0.15, 0.2) is 18.2 Å². The third-order valence-electron chi connectivity index (χ3n) is 3.22. The average Bonchev–Trinajstić information content (AvgIpc) is 2.49. The van der Waals surface area contributed by atoms with Gasteiger partial charge in [-0.05, 0) is 26.0 Å². The van der Waals surface area contributed by atoms with Gasteiger partial charge in [-0.25, -0.2) is 0 Å². The summed E-state index contributed by atoms with van der Waals surface area (Å²) in [7, 11) is 1.65. The molecule has 0 saturated carbocycles. The largest absolute Gasteiger partial charge is 0.497 e. The van der Waals surface area contributed by atoms with Gasteiger partial charge >= 0.3 is 0 Å². The van der Waals surface area contributed by atoms with Gasteiger partial charge in [0, 0.05) is 30.2 Å². The molecule has 0 radical (unpaired) electrons. The van der Waals surface area contributed by atoms with Crippen LogP contribution in [-0.4, -0.2) is 32.0 Å². The fourth-order valence-electron chi connectivity index (χ4n) is 1.88. The minimum Gasteiger partial charge on any atom is -0.497 e. The van der Waals surface area contributed by atoms with Gasteiger partial charge in [0.1, 0.15) is 11.5 Å². The maximum atomic E-state index is 9.09. The molecule has 2 N–H and O–H groups in total. The number of hydrogen-bond acceptors (Lipinski definition) is 4. The summed E-state index contributed by atoms with van der Waals surface area (Å²) in [6.07, 6.45) is 1.10. The summed E-state index contributed by atoms with van der Waals surface area (Å²) in [5, 5.41) is 12.5. The molecule has 4 heteroatoms. The Bertz CT molecular complexity index is 395. The smallest absolute Gasteiger partial charge is 0.127 e. The Labute approximate surface area is 122 Å². The normalized spacial score (nSPS) is 13.8. The molecule has 1 aromatic rings. The first-order valence-corrected chi connectivity index (χ1v) is 7.27. The van der Waals surface area contributed by atoms with Gasteiger partial charge < -0.3 is 19.9 Å². The van der Waals surface area contributed by atoms with Crippen LogP contribution in [0, 0.1) is 5.92 Å². The standard InChI is InChI=1S/C16H27NO3/c1-5-8-17-13(3)15-7-6-14(19-4)9-16(15)20-11-12(2)10-18/h6-7,9,12-13,17-18H,5,8,10-11H2,1-4H3. The first-order chi connectivity index (χ1) is 9.62. The van der Waals surface area contributed by atoms with Gasteiger partial charge in [0.2, 0.25) is 0 Å². The summed E-state index contributed by atoms with van der Waals surface area (Å²) in [6, 6.07) is 6.11. The molecule has 0 saturated heterocycles. The van der Waals surface area contributed by atoms with Gasteiger partial charge in [0.05, 0.1) is 13.7 Å². The maximum absolute atomic E-state index is 9.09. The van der Waals surface area contributed by atoms with Crippen molar-refractivity contribution >= 4 is 0 Å². The monoisotopic (exact) mass is 281 g/mol. The van der Waals surface area contributed by atoms with Crippen LogP contribution in [0.3, 0.4) is 0 Å². The fraction of sp³-hybridized carbons (Fsp3) is 0.625. The van der Waals surface area contributed by atoms with Gasteiger partial charge in [0.15, 0.2) is 0 Å². The summed E-state index contributed by atoms with van der Waals surface area (Å²) in [5.41, 5.74) is 1.12. The zero-order valence-electron chi connectivity index (χ0n) is 13.0. The lowest BCUT2D eigenvalue weighted by Gasteiger charge is -2.20. The summed E-state index contributed by atoms with van der Waals surface area (Å²) >= 11 is 0. The Morgan fingerprint density at radius 3 is 2.65 bits per heavy atom. The van der Waals surface area contributed by atoms with Crippen LogP contribution in [0.5, 0.6) is 11.5 Å². The second-order valence-electron chi connectivity index (χ2n) is 5.18. The summed E-state index contributed by atoms with van der Waals surface area (Å²) in [5.74, 6) is 1.72. The van der Waals surface area contributed by atoms with Gasteiger partial charge in [-0.1, -0.05) is 19.9 Å². The molecule has 20 heavy (non-hydrogen) atoms. The van der Waals surface area contributed by atoms with Gasteiger partial charge in [-0.3, -0.25) is 0 Å². The zero-order chi connectivity index (χ0) is 15.0. The van der Waals surface area contributed by atoms with E-state index in [1.54, 1.807) is 7.11 Å². The van der Waals surface area contributed by atoms with Crippen molar-refractivity contribution in [3.05, 3.63) is 23.8 Å². The average molecular weight is 281 g/mol. The molecular formula is C16H27NO3. The number of aliphatic hydroxyl groups excluding tert-OH is 1. The fourth-order valence-corrected chi connectivity index (χ4v) is 1.88. The van der Waals surface area contributed by atoms with E-state index in [0.29, 0.717) is 6.61 Å². The van der Waals surface area contributed by atoms with Crippen molar-refractivity contribution in [2.75, 3.05) is 26.9 Å². The molecule has 2 unspecified atom stereocenters. The van der Waals surface area contributed by atoms with Gasteiger partial charge in [-0.2, -0.15) is 0 Å². The molecule has 0 aliphatic carbocycles. The van der Waals surface area contributed by atoms with Crippen molar-refractivity contribution in [1.82, 2.24) is 5.32 Å². The number of benzene rings is 1. The maximum Gasteiger partial charge on any atom is 0.127 e. The third kappa shape index (κ3) is 5.02. The van der Waals surface area contributed by atoms with E-state index in [1.165, 1.54) is 0 Å². The molecule has 1 rings (SSSR count). The molecule has 4 nitrogen and oxygen atoms in total. The molecular weight excluding hydrogens is 254 g/mol. The topological polar surface area (TPSA) is 50.7 Å². The Balaban J connectivity index is 2.85. The van der Waals surface area contributed by atoms with Crippen LogP contribution in [0.2, 0.25) is 0 Å². The molecule has 0 bridgehead atoms. The Kier molecular flexibility index (Phi) is 7.41. The van der Waals surface area contributed by atoms with E-state index in [2.05, 4.69) is 19.2 Å². The molecule has 2 atom stereocenters. The van der Waals surface area contributed by atoms with E-state index in [1.807, 2.05) is 25.1 Å². The van der Waals surface area contributed by atoms with Crippen LogP contribution < -0.4 is 14.8 Å². The zero-order valence-corrected chi connectivity index (χ0v) is 13.0. The number of methoxy groups -OCH3 is 1. The van der Waals surface area contributed by atoms with E-state index in [4.69, 9.17) is 14.6 Å². The SMILES string of the molecule is CCCNC(C)c1ccc(OC)cc1OCC(C)CO. The molecule has 0 aliphatic heterocycles. The number of aliphatic hydroxyl groups is 1. The lowest BCUT2D eigenvalue weighted by atomic mass is 10.1. The first-order valence-electron chi connectivity index (χ1n) is 7.27. The van der Waals surface area contributed by atoms with Crippen molar-refractivity contribution < 1.29 is 14.6 Å². The van der Waals surface area contributed by atoms with Crippen molar-refractivity contribution in [3.63, 3.8) is 0 Å². The Morgan fingerprint density at radius 1 is 1.30 bits per heavy atom. The van der Waals surface area contributed by atoms with Crippen LogP contribution in [-0.2, 0) is 0 Å². The molecule has 0 aliphatic rings. The highest BCUT2D eigenvalue weighted by Gasteiger charge is 2.13. The lowest BCUT2D eigenvalue weighted by Crippen LogP contribution is -2.21. The quantitative estimate of drug-likeness (QED) is 0.731. The second kappa shape index (κ2) is 8.82. The first kappa shape index (κ1) is 16.8. The van der Waals surface area contributed by atoms with E-state index in [9.17, 15) is 0 Å². The third-order valence-corrected chi connectivity index (χ3v) is 3.22. The Hall–Kier alpha value is -1.26. The highest BCUT2D eigenvalue weighted by Crippen LogP contribution is 2.30. The minimum atomic E-state index is 0.118.